The van der Waals surface area contributed by atoms with Gasteiger partial charge in [0.05, 0.1) is 11.7 Å². The molecule has 0 aliphatic carbocycles. The molecule has 2 rings (SSSR count). The first-order valence-corrected chi connectivity index (χ1v) is 4.72. The highest BCUT2D eigenvalue weighted by molar-refractivity contribution is 9.10. The van der Waals surface area contributed by atoms with Crippen molar-refractivity contribution in [2.45, 2.75) is 13.3 Å². The van der Waals surface area contributed by atoms with Crippen LogP contribution in [0.25, 0.3) is 5.52 Å². The molecule has 0 amide bonds. The van der Waals surface area contributed by atoms with Crippen molar-refractivity contribution in [1.82, 2.24) is 9.61 Å². The van der Waals surface area contributed by atoms with Crippen molar-refractivity contribution in [2.75, 3.05) is 0 Å². The molecule has 0 saturated heterocycles. The molecule has 0 bridgehead atoms. The van der Waals surface area contributed by atoms with Gasteiger partial charge in [-0.05, 0) is 24.1 Å². The van der Waals surface area contributed by atoms with Gasteiger partial charge in [-0.2, -0.15) is 5.10 Å². The van der Waals surface area contributed by atoms with E-state index in [1.807, 2.05) is 23.0 Å². The maximum absolute atomic E-state index is 4.23. The van der Waals surface area contributed by atoms with E-state index >= 15 is 0 Å². The first-order valence-electron chi connectivity index (χ1n) is 3.93. The smallest absolute Gasteiger partial charge is 0.0704 e. The Morgan fingerprint density at radius 3 is 3.17 bits per heavy atom. The van der Waals surface area contributed by atoms with Crippen molar-refractivity contribution in [3.63, 3.8) is 0 Å². The van der Waals surface area contributed by atoms with Crippen molar-refractivity contribution < 1.29 is 0 Å². The molecular formula is C9H9BrN2. The first kappa shape index (κ1) is 7.80. The van der Waals surface area contributed by atoms with Gasteiger partial charge in [-0.1, -0.05) is 22.9 Å². The fraction of sp³-hybridized carbons (Fsp3) is 0.222. The Hall–Kier alpha value is -0.830. The molecule has 62 valence electrons. The van der Waals surface area contributed by atoms with Gasteiger partial charge in [-0.25, -0.2) is 4.52 Å². The van der Waals surface area contributed by atoms with Crippen LogP contribution >= 0.6 is 15.9 Å². The summed E-state index contributed by atoms with van der Waals surface area (Å²) < 4.78 is 2.99. The Kier molecular flexibility index (Phi) is 1.89. The number of pyridine rings is 1. The minimum absolute atomic E-state index is 1.03. The summed E-state index contributed by atoms with van der Waals surface area (Å²) in [5.74, 6) is 0. The predicted octanol–water partition coefficient (Wildman–Crippen LogP) is 2.66. The summed E-state index contributed by atoms with van der Waals surface area (Å²) in [6.07, 6.45) is 4.90. The van der Waals surface area contributed by atoms with E-state index in [9.17, 15) is 0 Å². The third-order valence-corrected chi connectivity index (χ3v) is 2.44. The molecule has 0 aromatic carbocycles. The van der Waals surface area contributed by atoms with Crippen molar-refractivity contribution in [1.29, 1.82) is 0 Å². The fourth-order valence-electron chi connectivity index (χ4n) is 1.28. The van der Waals surface area contributed by atoms with Crippen LogP contribution in [0, 0.1) is 0 Å². The van der Waals surface area contributed by atoms with Crippen molar-refractivity contribution in [3.8, 4) is 0 Å². The Bertz CT molecular complexity index is 406. The number of halogens is 1. The largest absolute Gasteiger partial charge is 0.241 e. The lowest BCUT2D eigenvalue weighted by Crippen LogP contribution is -1.85. The third kappa shape index (κ3) is 1.14. The molecule has 2 aromatic rings. The average molecular weight is 225 g/mol. The van der Waals surface area contributed by atoms with Gasteiger partial charge in [0.15, 0.2) is 0 Å². The standard InChI is InChI=1S/C9H9BrN2/c1-2-7-6-11-12-4-3-8(10)5-9(7)12/h3-6H,2H2,1H3. The van der Waals surface area contributed by atoms with E-state index in [-0.39, 0.29) is 0 Å². The van der Waals surface area contributed by atoms with E-state index < -0.39 is 0 Å². The Labute approximate surface area is 79.3 Å². The molecule has 0 spiro atoms. The van der Waals surface area contributed by atoms with Crippen LogP contribution in [0.5, 0.6) is 0 Å². The van der Waals surface area contributed by atoms with Crippen molar-refractivity contribution in [2.24, 2.45) is 0 Å². The summed E-state index contributed by atoms with van der Waals surface area (Å²) in [5.41, 5.74) is 2.48. The zero-order valence-electron chi connectivity index (χ0n) is 6.79. The number of fused-ring (bicyclic) bond motifs is 1. The Morgan fingerprint density at radius 1 is 1.58 bits per heavy atom. The normalized spacial score (nSPS) is 10.8. The van der Waals surface area contributed by atoms with E-state index in [1.54, 1.807) is 0 Å². The maximum atomic E-state index is 4.23. The maximum Gasteiger partial charge on any atom is 0.0704 e. The summed E-state index contributed by atoms with van der Waals surface area (Å²) in [7, 11) is 0. The summed E-state index contributed by atoms with van der Waals surface area (Å²) >= 11 is 3.44. The lowest BCUT2D eigenvalue weighted by molar-refractivity contribution is 0.959. The van der Waals surface area contributed by atoms with Gasteiger partial charge in [-0.15, -0.1) is 0 Å². The number of rotatable bonds is 1. The molecule has 0 atom stereocenters. The Balaban J connectivity index is 2.75. The van der Waals surface area contributed by atoms with Gasteiger partial charge in [0, 0.05) is 10.7 Å². The van der Waals surface area contributed by atoms with Crippen molar-refractivity contribution in [3.05, 3.63) is 34.6 Å². The molecule has 3 heteroatoms. The number of hydrogen-bond donors (Lipinski definition) is 0. The molecule has 12 heavy (non-hydrogen) atoms. The van der Waals surface area contributed by atoms with Crippen LogP contribution in [-0.2, 0) is 6.42 Å². The lowest BCUT2D eigenvalue weighted by Gasteiger charge is -1.95. The minimum atomic E-state index is 1.03. The van der Waals surface area contributed by atoms with E-state index in [2.05, 4.69) is 34.0 Å². The second kappa shape index (κ2) is 2.90. The van der Waals surface area contributed by atoms with Crippen LogP contribution in [0.15, 0.2) is 29.0 Å². The second-order valence-electron chi connectivity index (χ2n) is 2.70. The van der Waals surface area contributed by atoms with Crippen LogP contribution in [0.2, 0.25) is 0 Å². The van der Waals surface area contributed by atoms with Gasteiger partial charge in [0.2, 0.25) is 0 Å². The molecule has 0 unspecified atom stereocenters. The third-order valence-electron chi connectivity index (χ3n) is 1.94. The average Bonchev–Trinajstić information content (AvgIpc) is 2.46. The lowest BCUT2D eigenvalue weighted by atomic mass is 10.2. The molecule has 2 aromatic heterocycles. The summed E-state index contributed by atoms with van der Waals surface area (Å²) in [4.78, 5) is 0. The van der Waals surface area contributed by atoms with Gasteiger partial charge >= 0.3 is 0 Å². The molecule has 2 nitrogen and oxygen atoms in total. The second-order valence-corrected chi connectivity index (χ2v) is 3.61. The van der Waals surface area contributed by atoms with Gasteiger partial charge in [-0.3, -0.25) is 0 Å². The van der Waals surface area contributed by atoms with E-state index in [0.717, 1.165) is 10.9 Å². The van der Waals surface area contributed by atoms with Crippen LogP contribution in [-0.4, -0.2) is 9.61 Å². The number of aryl methyl sites for hydroxylation is 1. The topological polar surface area (TPSA) is 17.3 Å². The highest BCUT2D eigenvalue weighted by atomic mass is 79.9. The summed E-state index contributed by atoms with van der Waals surface area (Å²) in [5, 5.41) is 4.23. The molecule has 0 fully saturated rings. The number of nitrogens with zero attached hydrogens (tertiary/aromatic N) is 2. The zero-order chi connectivity index (χ0) is 8.55. The monoisotopic (exact) mass is 224 g/mol. The zero-order valence-corrected chi connectivity index (χ0v) is 8.37. The van der Waals surface area contributed by atoms with Crippen LogP contribution in [0.3, 0.4) is 0 Å². The molecule has 0 aliphatic rings. The van der Waals surface area contributed by atoms with Crippen LogP contribution < -0.4 is 0 Å². The van der Waals surface area contributed by atoms with Gasteiger partial charge in [0.25, 0.3) is 0 Å². The molecule has 0 radical (unpaired) electrons. The molecule has 0 saturated carbocycles. The highest BCUT2D eigenvalue weighted by Crippen LogP contribution is 2.16. The van der Waals surface area contributed by atoms with Crippen LogP contribution in [0.4, 0.5) is 0 Å². The first-order chi connectivity index (χ1) is 5.81. The number of hydrogen-bond acceptors (Lipinski definition) is 1. The molecular weight excluding hydrogens is 216 g/mol. The van der Waals surface area contributed by atoms with E-state index in [1.165, 1.54) is 11.1 Å². The molecule has 0 aliphatic heterocycles. The van der Waals surface area contributed by atoms with E-state index in [4.69, 9.17) is 0 Å². The fourth-order valence-corrected chi connectivity index (χ4v) is 1.61. The summed E-state index contributed by atoms with van der Waals surface area (Å²) in [6.45, 7) is 2.14. The predicted molar refractivity (Wildman–Crippen MR) is 52.3 cm³/mol. The SMILES string of the molecule is CCc1cnn2ccc(Br)cc12. The molecule has 2 heterocycles. The minimum Gasteiger partial charge on any atom is -0.241 e. The quantitative estimate of drug-likeness (QED) is 0.729. The van der Waals surface area contributed by atoms with E-state index in [0.29, 0.717) is 0 Å². The Morgan fingerprint density at radius 2 is 2.42 bits per heavy atom. The van der Waals surface area contributed by atoms with Gasteiger partial charge in [0.1, 0.15) is 0 Å². The number of aromatic nitrogens is 2. The van der Waals surface area contributed by atoms with Crippen LogP contribution in [0.1, 0.15) is 12.5 Å². The van der Waals surface area contributed by atoms with Gasteiger partial charge < -0.3 is 0 Å². The summed E-state index contributed by atoms with van der Waals surface area (Å²) in [6, 6.07) is 4.07. The van der Waals surface area contributed by atoms with Crippen molar-refractivity contribution >= 4 is 21.4 Å². The highest BCUT2D eigenvalue weighted by Gasteiger charge is 2.00. The molecule has 0 N–H and O–H groups in total.